The van der Waals surface area contributed by atoms with Crippen LogP contribution in [0.25, 0.3) is 10.9 Å². The Morgan fingerprint density at radius 1 is 1.36 bits per heavy atom. The molecule has 0 saturated carbocycles. The van der Waals surface area contributed by atoms with Crippen LogP contribution < -0.4 is 10.9 Å². The number of nitrogens with one attached hydrogen (secondary N) is 2. The SMILES string of the molecule is CCC.CNC(C#N)Cc1cc2cc(C)c(F)cc2[nH]c1=O. The van der Waals surface area contributed by atoms with Gasteiger partial charge in [-0.05, 0) is 43.1 Å². The number of likely N-dealkylation sites (N-methyl/N-ethyl adjacent to an activating group) is 1. The molecule has 0 fully saturated rings. The predicted molar refractivity (Wildman–Crippen MR) is 87.4 cm³/mol. The Labute approximate surface area is 130 Å². The second kappa shape index (κ2) is 8.30. The molecule has 0 spiro atoms. The van der Waals surface area contributed by atoms with Gasteiger partial charge in [-0.3, -0.25) is 4.79 Å². The van der Waals surface area contributed by atoms with Gasteiger partial charge in [0.25, 0.3) is 5.56 Å². The molecule has 118 valence electrons. The van der Waals surface area contributed by atoms with Crippen molar-refractivity contribution in [2.45, 2.75) is 39.7 Å². The van der Waals surface area contributed by atoms with Crippen molar-refractivity contribution in [2.24, 2.45) is 0 Å². The second-order valence-corrected chi connectivity index (χ2v) is 5.19. The average molecular weight is 303 g/mol. The summed E-state index contributed by atoms with van der Waals surface area (Å²) in [4.78, 5) is 14.5. The van der Waals surface area contributed by atoms with Crippen molar-refractivity contribution in [1.82, 2.24) is 10.3 Å². The van der Waals surface area contributed by atoms with Gasteiger partial charge in [0.15, 0.2) is 0 Å². The minimum atomic E-state index is -0.417. The van der Waals surface area contributed by atoms with Gasteiger partial charge in [0.05, 0.1) is 17.6 Å². The molecule has 0 aliphatic rings. The van der Waals surface area contributed by atoms with Crippen molar-refractivity contribution in [3.63, 3.8) is 0 Å². The summed E-state index contributed by atoms with van der Waals surface area (Å²) in [5, 5.41) is 12.5. The lowest BCUT2D eigenvalue weighted by Gasteiger charge is -2.08. The van der Waals surface area contributed by atoms with Crippen LogP contribution in [0.3, 0.4) is 0 Å². The third kappa shape index (κ3) is 4.40. The van der Waals surface area contributed by atoms with Crippen molar-refractivity contribution in [3.8, 4) is 6.07 Å². The monoisotopic (exact) mass is 303 g/mol. The van der Waals surface area contributed by atoms with E-state index in [0.29, 0.717) is 23.1 Å². The molecule has 0 bridgehead atoms. The third-order valence-electron chi connectivity index (χ3n) is 3.13. The van der Waals surface area contributed by atoms with E-state index >= 15 is 0 Å². The maximum absolute atomic E-state index is 13.4. The highest BCUT2D eigenvalue weighted by Gasteiger charge is 2.11. The lowest BCUT2D eigenvalue weighted by atomic mass is 10.0. The number of nitriles is 1. The van der Waals surface area contributed by atoms with Crippen LogP contribution in [0.2, 0.25) is 0 Å². The minimum Gasteiger partial charge on any atom is -0.322 e. The van der Waals surface area contributed by atoms with Crippen molar-refractivity contribution < 1.29 is 4.39 Å². The molecular weight excluding hydrogens is 281 g/mol. The molecule has 1 heterocycles. The summed E-state index contributed by atoms with van der Waals surface area (Å²) in [6.45, 7) is 5.92. The van der Waals surface area contributed by atoms with Crippen LogP contribution in [0.15, 0.2) is 23.0 Å². The smallest absolute Gasteiger partial charge is 0.251 e. The van der Waals surface area contributed by atoms with Crippen LogP contribution >= 0.6 is 0 Å². The quantitative estimate of drug-likeness (QED) is 0.915. The summed E-state index contributed by atoms with van der Waals surface area (Å²) in [5.74, 6) is -0.346. The molecule has 0 saturated heterocycles. The van der Waals surface area contributed by atoms with E-state index in [4.69, 9.17) is 5.26 Å². The zero-order valence-corrected chi connectivity index (χ0v) is 13.5. The standard InChI is InChI=1S/C14H14FN3O.C3H8/c1-8-3-9-4-10(5-11(7-16)17-2)14(19)18-13(9)6-12(8)15;1-3-2/h3-4,6,11,17H,5H2,1-2H3,(H,18,19);3H2,1-2H3. The van der Waals surface area contributed by atoms with Gasteiger partial charge < -0.3 is 10.3 Å². The highest BCUT2D eigenvalue weighted by atomic mass is 19.1. The number of benzene rings is 1. The molecule has 0 aliphatic heterocycles. The zero-order valence-electron chi connectivity index (χ0n) is 13.5. The molecule has 1 atom stereocenters. The highest BCUT2D eigenvalue weighted by Crippen LogP contribution is 2.17. The number of nitrogens with zero attached hydrogens (tertiary/aromatic N) is 1. The van der Waals surface area contributed by atoms with E-state index in [2.05, 4.69) is 30.2 Å². The first-order chi connectivity index (χ1) is 10.5. The fourth-order valence-corrected chi connectivity index (χ4v) is 1.97. The maximum Gasteiger partial charge on any atom is 0.251 e. The Bertz CT molecular complexity index is 731. The predicted octanol–water partition coefficient (Wildman–Crippen LogP) is 3.05. The van der Waals surface area contributed by atoms with E-state index in [1.807, 2.05) is 0 Å². The van der Waals surface area contributed by atoms with Crippen LogP contribution in [0.5, 0.6) is 0 Å². The van der Waals surface area contributed by atoms with Crippen molar-refractivity contribution in [3.05, 3.63) is 45.5 Å². The molecule has 0 amide bonds. The number of hydrogen-bond acceptors (Lipinski definition) is 3. The molecule has 1 aromatic carbocycles. The number of rotatable bonds is 3. The number of aryl methyl sites for hydroxylation is 1. The fourth-order valence-electron chi connectivity index (χ4n) is 1.97. The van der Waals surface area contributed by atoms with Gasteiger partial charge in [0.2, 0.25) is 0 Å². The highest BCUT2D eigenvalue weighted by molar-refractivity contribution is 5.79. The fraction of sp³-hybridized carbons (Fsp3) is 0.412. The number of halogens is 1. The topological polar surface area (TPSA) is 68.7 Å². The molecule has 1 aromatic heterocycles. The van der Waals surface area contributed by atoms with Crippen molar-refractivity contribution in [2.75, 3.05) is 7.05 Å². The lowest BCUT2D eigenvalue weighted by Crippen LogP contribution is -2.28. The lowest BCUT2D eigenvalue weighted by molar-refractivity contribution is 0.620. The van der Waals surface area contributed by atoms with E-state index in [1.165, 1.54) is 12.5 Å². The number of aromatic amines is 1. The number of pyridine rings is 1. The molecule has 0 radical (unpaired) electrons. The summed E-state index contributed by atoms with van der Waals surface area (Å²) >= 11 is 0. The normalized spacial score (nSPS) is 11.5. The molecule has 1 unspecified atom stereocenters. The molecular formula is C17H22FN3O. The Balaban J connectivity index is 0.000000745. The van der Waals surface area contributed by atoms with E-state index in [0.717, 1.165) is 5.39 Å². The van der Waals surface area contributed by atoms with Crippen LogP contribution in [0, 0.1) is 24.1 Å². The molecule has 0 aliphatic carbocycles. The number of fused-ring (bicyclic) bond motifs is 1. The molecule has 2 rings (SSSR count). The molecule has 4 nitrogen and oxygen atoms in total. The first-order valence-electron chi connectivity index (χ1n) is 7.35. The van der Waals surface area contributed by atoms with Crippen LogP contribution in [0.4, 0.5) is 4.39 Å². The summed E-state index contributed by atoms with van der Waals surface area (Å²) in [6.07, 6.45) is 1.56. The molecule has 2 aromatic rings. The Morgan fingerprint density at radius 3 is 2.55 bits per heavy atom. The second-order valence-electron chi connectivity index (χ2n) is 5.19. The van der Waals surface area contributed by atoms with Gasteiger partial charge in [-0.2, -0.15) is 5.26 Å². The number of hydrogen-bond donors (Lipinski definition) is 2. The van der Waals surface area contributed by atoms with Gasteiger partial charge in [0, 0.05) is 12.0 Å². The number of H-pyrrole nitrogens is 1. The Hall–Kier alpha value is -2.19. The molecule has 22 heavy (non-hydrogen) atoms. The van der Waals surface area contributed by atoms with Crippen molar-refractivity contribution in [1.29, 1.82) is 5.26 Å². The molecule has 5 heteroatoms. The van der Waals surface area contributed by atoms with Gasteiger partial charge >= 0.3 is 0 Å². The zero-order chi connectivity index (χ0) is 16.7. The van der Waals surface area contributed by atoms with Crippen molar-refractivity contribution >= 4 is 10.9 Å². The summed E-state index contributed by atoms with van der Waals surface area (Å²) in [5.41, 5.74) is 1.22. The van der Waals surface area contributed by atoms with Crippen LogP contribution in [-0.2, 0) is 6.42 Å². The van der Waals surface area contributed by atoms with Crippen LogP contribution in [-0.4, -0.2) is 18.1 Å². The van der Waals surface area contributed by atoms with E-state index in [-0.39, 0.29) is 11.4 Å². The van der Waals surface area contributed by atoms with E-state index in [1.54, 1.807) is 26.1 Å². The summed E-state index contributed by atoms with van der Waals surface area (Å²) < 4.78 is 13.4. The van der Waals surface area contributed by atoms with Gasteiger partial charge in [-0.15, -0.1) is 0 Å². The Morgan fingerprint density at radius 2 is 2.00 bits per heavy atom. The first-order valence-corrected chi connectivity index (χ1v) is 7.35. The third-order valence-corrected chi connectivity index (χ3v) is 3.13. The molecule has 2 N–H and O–H groups in total. The van der Waals surface area contributed by atoms with Crippen LogP contribution in [0.1, 0.15) is 31.4 Å². The first kappa shape index (κ1) is 17.9. The average Bonchev–Trinajstić information content (AvgIpc) is 2.48. The summed E-state index contributed by atoms with van der Waals surface area (Å²) in [7, 11) is 1.67. The minimum absolute atomic E-state index is 0.286. The maximum atomic E-state index is 13.4. The number of aromatic nitrogens is 1. The van der Waals surface area contributed by atoms with Gasteiger partial charge in [-0.1, -0.05) is 20.3 Å². The van der Waals surface area contributed by atoms with Gasteiger partial charge in [-0.25, -0.2) is 4.39 Å². The summed E-state index contributed by atoms with van der Waals surface area (Å²) in [6, 6.07) is 6.37. The van der Waals surface area contributed by atoms with Gasteiger partial charge in [0.1, 0.15) is 5.82 Å². The Kier molecular flexibility index (Phi) is 6.74. The van der Waals surface area contributed by atoms with E-state index in [9.17, 15) is 9.18 Å². The van der Waals surface area contributed by atoms with E-state index < -0.39 is 6.04 Å². The largest absolute Gasteiger partial charge is 0.322 e.